The Bertz CT molecular complexity index is 1080. The van der Waals surface area contributed by atoms with E-state index >= 15 is 0 Å². The van der Waals surface area contributed by atoms with Gasteiger partial charge in [-0.05, 0) is 38.0 Å². The fourth-order valence-electron chi connectivity index (χ4n) is 2.93. The van der Waals surface area contributed by atoms with Crippen LogP contribution in [0.4, 0.5) is 5.00 Å². The molecular weight excluding hydrogens is 364 g/mol. The Morgan fingerprint density at radius 3 is 2.70 bits per heavy atom. The second-order valence-corrected chi connectivity index (χ2v) is 7.12. The Hall–Kier alpha value is -2.93. The molecule has 2 N–H and O–H groups in total. The molecule has 0 radical (unpaired) electrons. The van der Waals surface area contributed by atoms with Crippen molar-refractivity contribution in [3.63, 3.8) is 0 Å². The molecule has 0 saturated heterocycles. The number of rotatable bonds is 5. The van der Waals surface area contributed by atoms with Crippen LogP contribution in [0.25, 0.3) is 11.0 Å². The first kappa shape index (κ1) is 18.8. The lowest BCUT2D eigenvalue weighted by atomic mass is 10.1. The second kappa shape index (κ2) is 7.75. The average Bonchev–Trinajstić information content (AvgIpc) is 2.96. The number of thiophene rings is 1. The maximum absolute atomic E-state index is 12.8. The summed E-state index contributed by atoms with van der Waals surface area (Å²) in [5.74, 6) is -0.952. The molecular formula is C20H20N2O4S. The number of hydrogen-bond donors (Lipinski definition) is 2. The third kappa shape index (κ3) is 3.64. The highest BCUT2D eigenvalue weighted by Gasteiger charge is 2.24. The van der Waals surface area contributed by atoms with Crippen LogP contribution in [-0.2, 0) is 11.2 Å². The Kier molecular flexibility index (Phi) is 5.41. The fraction of sp³-hybridized carbons (Fsp3) is 0.250. The van der Waals surface area contributed by atoms with E-state index in [1.807, 2.05) is 26.0 Å². The van der Waals surface area contributed by atoms with Crippen LogP contribution < -0.4 is 10.9 Å². The summed E-state index contributed by atoms with van der Waals surface area (Å²) in [6.45, 7) is 5.85. The number of anilines is 1. The van der Waals surface area contributed by atoms with E-state index in [9.17, 15) is 9.59 Å². The monoisotopic (exact) mass is 384 g/mol. The average molecular weight is 384 g/mol. The van der Waals surface area contributed by atoms with E-state index < -0.39 is 11.9 Å². The van der Waals surface area contributed by atoms with Gasteiger partial charge in [-0.25, -0.2) is 4.79 Å². The van der Waals surface area contributed by atoms with Crippen LogP contribution in [0.15, 0.2) is 34.7 Å². The van der Waals surface area contributed by atoms with Gasteiger partial charge in [0.15, 0.2) is 0 Å². The van der Waals surface area contributed by atoms with Crippen molar-refractivity contribution >= 4 is 39.2 Å². The van der Waals surface area contributed by atoms with E-state index in [0.29, 0.717) is 22.6 Å². The summed E-state index contributed by atoms with van der Waals surface area (Å²) < 4.78 is 10.6. The molecule has 2 aromatic heterocycles. The number of amides is 1. The lowest BCUT2D eigenvalue weighted by Crippen LogP contribution is -2.21. The van der Waals surface area contributed by atoms with Crippen molar-refractivity contribution in [2.45, 2.75) is 27.2 Å². The van der Waals surface area contributed by atoms with Crippen LogP contribution in [0.2, 0.25) is 0 Å². The van der Waals surface area contributed by atoms with Gasteiger partial charge in [-0.3, -0.25) is 10.2 Å². The summed E-state index contributed by atoms with van der Waals surface area (Å²) in [6.07, 6.45) is 0.654. The molecule has 0 unspecified atom stereocenters. The summed E-state index contributed by atoms with van der Waals surface area (Å²) in [7, 11) is 0. The molecule has 0 fully saturated rings. The van der Waals surface area contributed by atoms with Crippen molar-refractivity contribution in [2.24, 2.45) is 0 Å². The van der Waals surface area contributed by atoms with Crippen LogP contribution in [0.3, 0.4) is 0 Å². The summed E-state index contributed by atoms with van der Waals surface area (Å²) in [5.41, 5.74) is 1.66. The topological polar surface area (TPSA) is 92.4 Å². The molecule has 0 bridgehead atoms. The molecule has 2 heterocycles. The molecule has 0 aliphatic heterocycles. The smallest absolute Gasteiger partial charge is 0.341 e. The molecule has 3 rings (SSSR count). The van der Waals surface area contributed by atoms with Crippen molar-refractivity contribution < 1.29 is 18.7 Å². The van der Waals surface area contributed by atoms with E-state index in [2.05, 4.69) is 5.32 Å². The highest BCUT2D eigenvalue weighted by atomic mass is 32.1. The maximum Gasteiger partial charge on any atom is 0.341 e. The zero-order chi connectivity index (χ0) is 19.6. The summed E-state index contributed by atoms with van der Waals surface area (Å²) in [4.78, 5) is 26.1. The van der Waals surface area contributed by atoms with Crippen LogP contribution in [-0.4, -0.2) is 18.5 Å². The number of benzene rings is 1. The molecule has 6 nitrogen and oxygen atoms in total. The molecule has 0 saturated carbocycles. The van der Waals surface area contributed by atoms with E-state index in [4.69, 9.17) is 14.6 Å². The number of hydrogen-bond acceptors (Lipinski definition) is 6. The van der Waals surface area contributed by atoms with Gasteiger partial charge in [-0.2, -0.15) is 0 Å². The number of para-hydroxylation sites is 1. The molecule has 3 aromatic rings. The van der Waals surface area contributed by atoms with Gasteiger partial charge in [0.2, 0.25) is 5.55 Å². The van der Waals surface area contributed by atoms with Crippen LogP contribution in [0, 0.1) is 12.3 Å². The first-order valence-corrected chi connectivity index (χ1v) is 9.46. The van der Waals surface area contributed by atoms with Crippen LogP contribution in [0.5, 0.6) is 0 Å². The number of fused-ring (bicyclic) bond motifs is 1. The highest BCUT2D eigenvalue weighted by Crippen LogP contribution is 2.34. The van der Waals surface area contributed by atoms with E-state index in [1.54, 1.807) is 25.1 Å². The van der Waals surface area contributed by atoms with E-state index in [0.717, 1.165) is 15.8 Å². The van der Waals surface area contributed by atoms with E-state index in [1.165, 1.54) is 11.3 Å². The Labute approximate surface area is 160 Å². The van der Waals surface area contributed by atoms with Crippen LogP contribution >= 0.6 is 11.3 Å². The Balaban J connectivity index is 2.00. The Morgan fingerprint density at radius 2 is 2.00 bits per heavy atom. The fourth-order valence-corrected chi connectivity index (χ4v) is 4.06. The maximum atomic E-state index is 12.8. The van der Waals surface area contributed by atoms with Gasteiger partial charge in [-0.15, -0.1) is 11.3 Å². The van der Waals surface area contributed by atoms with E-state index in [-0.39, 0.29) is 17.7 Å². The quantitative estimate of drug-likeness (QED) is 0.643. The van der Waals surface area contributed by atoms with Gasteiger partial charge in [0, 0.05) is 10.3 Å². The summed E-state index contributed by atoms with van der Waals surface area (Å²) >= 11 is 1.33. The number of carbonyl (C=O) groups is 2. The Morgan fingerprint density at radius 1 is 1.26 bits per heavy atom. The number of ether oxygens (including phenoxy) is 1. The van der Waals surface area contributed by atoms with Crippen molar-refractivity contribution in [2.75, 3.05) is 11.9 Å². The minimum atomic E-state index is -0.496. The molecule has 7 heteroatoms. The molecule has 0 aliphatic rings. The number of aryl methyl sites for hydroxylation is 1. The molecule has 0 aliphatic carbocycles. The van der Waals surface area contributed by atoms with Gasteiger partial charge >= 0.3 is 5.97 Å². The number of esters is 1. The summed E-state index contributed by atoms with van der Waals surface area (Å²) in [5, 5.41) is 11.9. The second-order valence-electron chi connectivity index (χ2n) is 5.90. The lowest BCUT2D eigenvalue weighted by molar-refractivity contribution is 0.0527. The molecule has 140 valence electrons. The third-order valence-electron chi connectivity index (χ3n) is 4.19. The number of carbonyl (C=O) groups excluding carboxylic acids is 2. The molecule has 1 amide bonds. The van der Waals surface area contributed by atoms with Gasteiger partial charge in [-0.1, -0.05) is 25.1 Å². The van der Waals surface area contributed by atoms with Gasteiger partial charge in [0.1, 0.15) is 16.1 Å². The zero-order valence-corrected chi connectivity index (χ0v) is 16.2. The molecule has 0 atom stereocenters. The predicted molar refractivity (Wildman–Crippen MR) is 104 cm³/mol. The predicted octanol–water partition coefficient (Wildman–Crippen LogP) is 4.27. The van der Waals surface area contributed by atoms with Crippen molar-refractivity contribution in [3.8, 4) is 0 Å². The minimum absolute atomic E-state index is 0.104. The first-order chi connectivity index (χ1) is 13.0. The van der Waals surface area contributed by atoms with Gasteiger partial charge in [0.25, 0.3) is 5.91 Å². The first-order valence-electron chi connectivity index (χ1n) is 8.64. The molecule has 27 heavy (non-hydrogen) atoms. The van der Waals surface area contributed by atoms with Crippen molar-refractivity contribution in [1.82, 2.24) is 0 Å². The van der Waals surface area contributed by atoms with Gasteiger partial charge < -0.3 is 14.5 Å². The number of nitrogens with one attached hydrogen (secondary N) is 2. The SMILES string of the molecule is CCOC(=O)c1c(NC(=O)c2cc3ccccc3oc2=N)sc(C)c1CC. The normalized spacial score (nSPS) is 10.8. The standard InChI is InChI=1S/C20H20N2O4S/c1-4-13-11(3)27-19(16(13)20(24)25-5-2)22-18(23)14-10-12-8-6-7-9-15(12)26-17(14)21/h6-10,21H,4-5H2,1-3H3,(H,22,23). The summed E-state index contributed by atoms with van der Waals surface area (Å²) in [6, 6.07) is 8.80. The van der Waals surface area contributed by atoms with Gasteiger partial charge in [0.05, 0.1) is 12.2 Å². The molecule has 0 spiro atoms. The molecule has 1 aromatic carbocycles. The largest absolute Gasteiger partial charge is 0.462 e. The third-order valence-corrected chi connectivity index (χ3v) is 5.25. The lowest BCUT2D eigenvalue weighted by Gasteiger charge is -2.08. The highest BCUT2D eigenvalue weighted by molar-refractivity contribution is 7.16. The minimum Gasteiger partial charge on any atom is -0.462 e. The van der Waals surface area contributed by atoms with Crippen molar-refractivity contribution in [1.29, 1.82) is 5.41 Å². The van der Waals surface area contributed by atoms with Crippen molar-refractivity contribution in [3.05, 3.63) is 57.5 Å². The zero-order valence-electron chi connectivity index (χ0n) is 15.3. The van der Waals surface area contributed by atoms with Crippen LogP contribution in [0.1, 0.15) is 45.0 Å².